The van der Waals surface area contributed by atoms with Gasteiger partial charge in [-0.05, 0) is 67.8 Å². The summed E-state index contributed by atoms with van der Waals surface area (Å²) in [5, 5.41) is 5.77. The van der Waals surface area contributed by atoms with Gasteiger partial charge in [0.15, 0.2) is 0 Å². The van der Waals surface area contributed by atoms with Crippen LogP contribution in [-0.4, -0.2) is 23.4 Å². The van der Waals surface area contributed by atoms with Crippen molar-refractivity contribution >= 4 is 40.7 Å². The zero-order valence-electron chi connectivity index (χ0n) is 18.9. The molecule has 1 heterocycles. The van der Waals surface area contributed by atoms with Crippen molar-refractivity contribution in [2.45, 2.75) is 32.9 Å². The molecule has 0 spiro atoms. The Labute approximate surface area is 208 Å². The highest BCUT2D eigenvalue weighted by Crippen LogP contribution is 2.33. The van der Waals surface area contributed by atoms with Crippen molar-refractivity contribution in [2.75, 3.05) is 11.9 Å². The number of benzene rings is 3. The highest BCUT2D eigenvalue weighted by Gasteiger charge is 2.34. The number of halogens is 2. The van der Waals surface area contributed by atoms with Gasteiger partial charge in [0.05, 0.1) is 12.2 Å². The van der Waals surface area contributed by atoms with Crippen LogP contribution in [0, 0.1) is 13.8 Å². The Kier molecular flexibility index (Phi) is 7.29. The summed E-state index contributed by atoms with van der Waals surface area (Å²) in [5.74, 6) is 0.116. The van der Waals surface area contributed by atoms with Gasteiger partial charge in [0, 0.05) is 22.2 Å². The van der Waals surface area contributed by atoms with E-state index in [2.05, 4.69) is 10.7 Å². The lowest BCUT2D eigenvalue weighted by Gasteiger charge is -2.38. The number of amides is 2. The summed E-state index contributed by atoms with van der Waals surface area (Å²) in [5.41, 5.74) is 6.72. The summed E-state index contributed by atoms with van der Waals surface area (Å²) in [4.78, 5) is 26.1. The molecule has 0 aromatic heterocycles. The Balaban J connectivity index is 1.44. The fourth-order valence-corrected chi connectivity index (χ4v) is 4.15. The van der Waals surface area contributed by atoms with Crippen molar-refractivity contribution in [3.8, 4) is 5.75 Å². The van der Waals surface area contributed by atoms with Gasteiger partial charge < -0.3 is 10.1 Å². The monoisotopic (exact) mass is 497 g/mol. The SMILES string of the molecule is Cc1ccc(C2Nc3ccc(Cl)cc3C(=O)N2NC(=O)CCCOc2ccc(Cl)cc2C)cc1. The predicted octanol–water partition coefficient (Wildman–Crippen LogP) is 6.07. The van der Waals surface area contributed by atoms with Crippen LogP contribution in [0.4, 0.5) is 5.69 Å². The summed E-state index contributed by atoms with van der Waals surface area (Å²) in [7, 11) is 0. The molecule has 1 atom stereocenters. The maximum Gasteiger partial charge on any atom is 0.276 e. The highest BCUT2D eigenvalue weighted by atomic mass is 35.5. The molecule has 0 saturated carbocycles. The second-order valence-electron chi connectivity index (χ2n) is 8.22. The number of fused-ring (bicyclic) bond motifs is 1. The van der Waals surface area contributed by atoms with E-state index in [4.69, 9.17) is 27.9 Å². The molecule has 6 nitrogen and oxygen atoms in total. The summed E-state index contributed by atoms with van der Waals surface area (Å²) < 4.78 is 5.77. The molecular formula is C26H25Cl2N3O3. The zero-order chi connectivity index (χ0) is 24.2. The standard InChI is InChI=1S/C26H25Cl2N3O3/c1-16-5-7-18(8-6-16)25-29-22-11-9-20(28)15-21(22)26(33)31(25)30-24(32)4-3-13-34-23-12-10-19(27)14-17(23)2/h5-12,14-15,25,29H,3-4,13H2,1-2H3,(H,30,32). The summed E-state index contributed by atoms with van der Waals surface area (Å²) >= 11 is 12.1. The quantitative estimate of drug-likeness (QED) is 0.388. The lowest BCUT2D eigenvalue weighted by atomic mass is 10.0. The Morgan fingerprint density at radius 1 is 1.03 bits per heavy atom. The molecular weight excluding hydrogens is 473 g/mol. The summed E-state index contributed by atoms with van der Waals surface area (Å²) in [6.45, 7) is 4.27. The fraction of sp³-hybridized carbons (Fsp3) is 0.231. The van der Waals surface area contributed by atoms with Gasteiger partial charge in [0.2, 0.25) is 5.91 Å². The largest absolute Gasteiger partial charge is 0.493 e. The first-order chi connectivity index (χ1) is 16.3. The maximum atomic E-state index is 13.3. The van der Waals surface area contributed by atoms with Gasteiger partial charge in [-0.25, -0.2) is 5.01 Å². The molecule has 2 N–H and O–H groups in total. The van der Waals surface area contributed by atoms with Crippen LogP contribution >= 0.6 is 23.2 Å². The maximum absolute atomic E-state index is 13.3. The van der Waals surface area contributed by atoms with Gasteiger partial charge in [0.1, 0.15) is 11.9 Å². The van der Waals surface area contributed by atoms with Gasteiger partial charge >= 0.3 is 0 Å². The average molecular weight is 498 g/mol. The van der Waals surface area contributed by atoms with Crippen molar-refractivity contribution in [1.82, 2.24) is 10.4 Å². The molecule has 34 heavy (non-hydrogen) atoms. The fourth-order valence-electron chi connectivity index (χ4n) is 3.75. The first kappa shape index (κ1) is 23.9. The first-order valence-electron chi connectivity index (χ1n) is 11.0. The molecule has 1 aliphatic rings. The van der Waals surface area contributed by atoms with Crippen molar-refractivity contribution in [1.29, 1.82) is 0 Å². The highest BCUT2D eigenvalue weighted by molar-refractivity contribution is 6.31. The lowest BCUT2D eigenvalue weighted by molar-refractivity contribution is -0.126. The van der Waals surface area contributed by atoms with Crippen molar-refractivity contribution < 1.29 is 14.3 Å². The third kappa shape index (κ3) is 5.46. The van der Waals surface area contributed by atoms with E-state index in [1.807, 2.05) is 50.2 Å². The van der Waals surface area contributed by atoms with Gasteiger partial charge in [-0.15, -0.1) is 0 Å². The number of hydrogen-bond acceptors (Lipinski definition) is 4. The third-order valence-electron chi connectivity index (χ3n) is 5.56. The molecule has 1 aliphatic heterocycles. The Bertz CT molecular complexity index is 1210. The van der Waals surface area contributed by atoms with Crippen LogP contribution in [-0.2, 0) is 4.79 Å². The molecule has 0 aliphatic carbocycles. The number of carbonyl (C=O) groups excluding carboxylic acids is 2. The number of anilines is 1. The number of aryl methyl sites for hydroxylation is 2. The summed E-state index contributed by atoms with van der Waals surface area (Å²) in [6, 6.07) is 18.3. The predicted molar refractivity (Wildman–Crippen MR) is 134 cm³/mol. The Morgan fingerprint density at radius 2 is 1.74 bits per heavy atom. The smallest absolute Gasteiger partial charge is 0.276 e. The number of rotatable bonds is 7. The minimum absolute atomic E-state index is 0.194. The van der Waals surface area contributed by atoms with Crippen molar-refractivity contribution in [3.63, 3.8) is 0 Å². The van der Waals surface area contributed by atoms with E-state index >= 15 is 0 Å². The van der Waals surface area contributed by atoms with Crippen LogP contribution in [0.2, 0.25) is 10.0 Å². The molecule has 4 rings (SSSR count). The molecule has 3 aromatic carbocycles. The van der Waals surface area contributed by atoms with E-state index in [9.17, 15) is 9.59 Å². The normalized spacial score (nSPS) is 14.9. The molecule has 0 fully saturated rings. The van der Waals surface area contributed by atoms with Gasteiger partial charge in [-0.1, -0.05) is 53.0 Å². The Hall–Kier alpha value is -3.22. The van der Waals surface area contributed by atoms with E-state index in [0.29, 0.717) is 34.3 Å². The van der Waals surface area contributed by atoms with Crippen molar-refractivity contribution in [2.24, 2.45) is 0 Å². The molecule has 2 amide bonds. The van der Waals surface area contributed by atoms with Gasteiger partial charge in [-0.3, -0.25) is 15.0 Å². The summed E-state index contributed by atoms with van der Waals surface area (Å²) in [6.07, 6.45) is 0.124. The first-order valence-corrected chi connectivity index (χ1v) is 11.7. The van der Waals surface area contributed by atoms with Crippen LogP contribution in [0.15, 0.2) is 60.7 Å². The third-order valence-corrected chi connectivity index (χ3v) is 6.03. The second kappa shape index (κ2) is 10.4. The topological polar surface area (TPSA) is 70.7 Å². The van der Waals surface area contributed by atoms with Crippen LogP contribution in [0.5, 0.6) is 5.75 Å². The molecule has 0 radical (unpaired) electrons. The van der Waals surface area contributed by atoms with E-state index in [0.717, 1.165) is 22.4 Å². The molecule has 176 valence electrons. The zero-order valence-corrected chi connectivity index (χ0v) is 20.4. The Morgan fingerprint density at radius 3 is 2.47 bits per heavy atom. The van der Waals surface area contributed by atoms with Crippen LogP contribution in [0.1, 0.15) is 46.1 Å². The number of hydrazine groups is 1. The number of nitrogens with one attached hydrogen (secondary N) is 2. The van der Waals surface area contributed by atoms with Crippen LogP contribution in [0.25, 0.3) is 0 Å². The van der Waals surface area contributed by atoms with Gasteiger partial charge in [0.25, 0.3) is 5.91 Å². The number of nitrogens with zero attached hydrogens (tertiary/aromatic N) is 1. The van der Waals surface area contributed by atoms with E-state index in [1.165, 1.54) is 5.01 Å². The van der Waals surface area contributed by atoms with E-state index < -0.39 is 6.17 Å². The van der Waals surface area contributed by atoms with Crippen LogP contribution < -0.4 is 15.5 Å². The number of carbonyl (C=O) groups is 2. The van der Waals surface area contributed by atoms with Crippen molar-refractivity contribution in [3.05, 3.63) is 93.0 Å². The lowest BCUT2D eigenvalue weighted by Crippen LogP contribution is -2.52. The minimum atomic E-state index is -0.557. The second-order valence-corrected chi connectivity index (χ2v) is 9.09. The molecule has 8 heteroatoms. The molecule has 1 unspecified atom stereocenters. The number of ether oxygens (including phenoxy) is 1. The minimum Gasteiger partial charge on any atom is -0.493 e. The van der Waals surface area contributed by atoms with Gasteiger partial charge in [-0.2, -0.15) is 0 Å². The van der Waals surface area contributed by atoms with E-state index in [1.54, 1.807) is 24.3 Å². The number of hydrogen-bond donors (Lipinski definition) is 2. The molecule has 3 aromatic rings. The molecule has 0 bridgehead atoms. The van der Waals surface area contributed by atoms with E-state index in [-0.39, 0.29) is 18.2 Å². The molecule has 0 saturated heterocycles. The average Bonchev–Trinajstić information content (AvgIpc) is 2.80. The van der Waals surface area contributed by atoms with Crippen LogP contribution in [0.3, 0.4) is 0 Å².